The van der Waals surface area contributed by atoms with E-state index in [0.717, 1.165) is 31.9 Å². The molecule has 1 saturated heterocycles. The van der Waals surface area contributed by atoms with Crippen LogP contribution >= 0.6 is 0 Å². The molecule has 80 valence electrons. The number of piperazine rings is 1. The van der Waals surface area contributed by atoms with Crippen LogP contribution in [0.25, 0.3) is 0 Å². The Balaban J connectivity index is 2.33. The van der Waals surface area contributed by atoms with Crippen molar-refractivity contribution in [2.75, 3.05) is 32.8 Å². The molecule has 0 radical (unpaired) electrons. The highest BCUT2D eigenvalue weighted by Crippen LogP contribution is 2.10. The summed E-state index contributed by atoms with van der Waals surface area (Å²) in [6.45, 7) is 10.4. The van der Waals surface area contributed by atoms with Crippen LogP contribution in [0.1, 0.15) is 6.92 Å². The van der Waals surface area contributed by atoms with E-state index in [1.54, 1.807) is 0 Å². The number of nitrogens with one attached hydrogen (secondary N) is 2. The van der Waals surface area contributed by atoms with Crippen LogP contribution in [0.3, 0.4) is 0 Å². The van der Waals surface area contributed by atoms with Crippen molar-refractivity contribution in [2.24, 2.45) is 0 Å². The highest BCUT2D eigenvalue weighted by atomic mass is 16.5. The maximum Gasteiger partial charge on any atom is 0.122 e. The summed E-state index contributed by atoms with van der Waals surface area (Å²) in [6, 6.07) is 0.247. The summed E-state index contributed by atoms with van der Waals surface area (Å²) in [4.78, 5) is 2.34. The van der Waals surface area contributed by atoms with E-state index in [1.807, 2.05) is 0 Å². The fraction of sp³-hybridized carbons (Fsp3) is 0.700. The van der Waals surface area contributed by atoms with Crippen LogP contribution in [-0.4, -0.2) is 49.9 Å². The molecule has 4 nitrogen and oxygen atoms in total. The average molecular weight is 197 g/mol. The topological polar surface area (TPSA) is 48.4 Å². The van der Waals surface area contributed by atoms with Gasteiger partial charge in [-0.15, -0.1) is 0 Å². The van der Waals surface area contributed by atoms with Crippen molar-refractivity contribution in [2.45, 2.75) is 13.0 Å². The fourth-order valence-electron chi connectivity index (χ4n) is 1.54. The number of nitrogens with zero attached hydrogens (tertiary/aromatic N) is 1. The van der Waals surface area contributed by atoms with Gasteiger partial charge in [-0.1, -0.05) is 6.58 Å². The smallest absolute Gasteiger partial charge is 0.122 e. The van der Waals surface area contributed by atoms with Gasteiger partial charge in [-0.25, -0.2) is 0 Å². The Labute approximate surface area is 85.4 Å². The lowest BCUT2D eigenvalue weighted by atomic mass is 10.2. The molecule has 1 unspecified atom stereocenters. The van der Waals surface area contributed by atoms with Gasteiger partial charge in [0, 0.05) is 32.4 Å². The third-order valence-electron chi connectivity index (χ3n) is 2.52. The van der Waals surface area contributed by atoms with E-state index in [2.05, 4.69) is 23.7 Å². The van der Waals surface area contributed by atoms with Gasteiger partial charge >= 0.3 is 0 Å². The zero-order valence-corrected chi connectivity index (χ0v) is 8.75. The molecule has 1 aliphatic heterocycles. The summed E-state index contributed by atoms with van der Waals surface area (Å²) in [7, 11) is 0. The molecule has 0 aromatic heterocycles. The van der Waals surface area contributed by atoms with Gasteiger partial charge in [-0.05, 0) is 6.92 Å². The lowest BCUT2D eigenvalue weighted by Crippen LogP contribution is -2.48. The first-order valence-electron chi connectivity index (χ1n) is 5.01. The number of ether oxygens (including phenoxy) is 1. The second-order valence-electron chi connectivity index (χ2n) is 3.44. The SMILES string of the molecule is C=C(OCC=N)C(C)N1CCNCC1. The van der Waals surface area contributed by atoms with Crippen molar-refractivity contribution in [1.82, 2.24) is 10.2 Å². The van der Waals surface area contributed by atoms with Gasteiger partial charge in [0.2, 0.25) is 0 Å². The lowest BCUT2D eigenvalue weighted by Gasteiger charge is -2.33. The maximum atomic E-state index is 6.87. The molecule has 1 fully saturated rings. The Hall–Kier alpha value is -0.870. The minimum atomic E-state index is 0.247. The van der Waals surface area contributed by atoms with Crippen LogP contribution in [0, 0.1) is 5.41 Å². The lowest BCUT2D eigenvalue weighted by molar-refractivity contribution is 0.139. The van der Waals surface area contributed by atoms with Crippen LogP contribution in [0.2, 0.25) is 0 Å². The van der Waals surface area contributed by atoms with E-state index in [-0.39, 0.29) is 6.04 Å². The molecule has 0 aromatic carbocycles. The Morgan fingerprint density at radius 2 is 2.29 bits per heavy atom. The maximum absolute atomic E-state index is 6.87. The molecule has 4 heteroatoms. The van der Waals surface area contributed by atoms with Gasteiger partial charge in [0.25, 0.3) is 0 Å². The first kappa shape index (κ1) is 11.2. The predicted molar refractivity (Wildman–Crippen MR) is 57.8 cm³/mol. The first-order valence-corrected chi connectivity index (χ1v) is 5.01. The van der Waals surface area contributed by atoms with Crippen molar-refractivity contribution in [3.05, 3.63) is 12.3 Å². The second kappa shape index (κ2) is 5.78. The minimum Gasteiger partial charge on any atom is -0.491 e. The monoisotopic (exact) mass is 197 g/mol. The molecule has 0 aliphatic carbocycles. The third-order valence-corrected chi connectivity index (χ3v) is 2.52. The fourth-order valence-corrected chi connectivity index (χ4v) is 1.54. The van der Waals surface area contributed by atoms with Gasteiger partial charge in [-0.3, -0.25) is 4.90 Å². The average Bonchev–Trinajstić information content (AvgIpc) is 2.26. The quantitative estimate of drug-likeness (QED) is 0.497. The molecular formula is C10H19N3O. The van der Waals surface area contributed by atoms with Crippen LogP contribution in [0.15, 0.2) is 12.3 Å². The van der Waals surface area contributed by atoms with Crippen LogP contribution in [0.5, 0.6) is 0 Å². The zero-order chi connectivity index (χ0) is 10.4. The number of hydrogen-bond acceptors (Lipinski definition) is 4. The molecule has 0 spiro atoms. The van der Waals surface area contributed by atoms with Gasteiger partial charge in [-0.2, -0.15) is 0 Å². The van der Waals surface area contributed by atoms with Gasteiger partial charge in [0.15, 0.2) is 0 Å². The van der Waals surface area contributed by atoms with E-state index in [4.69, 9.17) is 10.1 Å². The third kappa shape index (κ3) is 3.12. The molecule has 0 bridgehead atoms. The standard InChI is InChI=1S/C10H19N3O/c1-9(10(2)14-8-3-11)13-6-4-12-5-7-13/h3,9,11-12H,2,4-8H2,1H3. The molecule has 0 saturated carbocycles. The van der Waals surface area contributed by atoms with Crippen LogP contribution in [0.4, 0.5) is 0 Å². The molecule has 0 amide bonds. The Bertz CT molecular complexity index is 200. The van der Waals surface area contributed by atoms with E-state index < -0.39 is 0 Å². The van der Waals surface area contributed by atoms with Gasteiger partial charge in [0.1, 0.15) is 12.4 Å². The molecule has 0 aromatic rings. The summed E-state index contributed by atoms with van der Waals surface area (Å²) >= 11 is 0. The van der Waals surface area contributed by atoms with Crippen molar-refractivity contribution in [3.63, 3.8) is 0 Å². The van der Waals surface area contributed by atoms with Crippen LogP contribution in [-0.2, 0) is 4.74 Å². The summed E-state index contributed by atoms with van der Waals surface area (Å²) in [5.41, 5.74) is 0. The van der Waals surface area contributed by atoms with E-state index >= 15 is 0 Å². The number of hydrogen-bond donors (Lipinski definition) is 2. The van der Waals surface area contributed by atoms with Gasteiger partial charge in [0.05, 0.1) is 6.04 Å². The molecule has 1 atom stereocenters. The highest BCUT2D eigenvalue weighted by molar-refractivity contribution is 5.54. The van der Waals surface area contributed by atoms with Crippen molar-refractivity contribution in [1.29, 1.82) is 5.41 Å². The first-order chi connectivity index (χ1) is 6.75. The van der Waals surface area contributed by atoms with E-state index in [1.165, 1.54) is 6.21 Å². The van der Waals surface area contributed by atoms with Gasteiger partial charge < -0.3 is 15.5 Å². The Morgan fingerprint density at radius 1 is 1.64 bits per heavy atom. The van der Waals surface area contributed by atoms with E-state index in [9.17, 15) is 0 Å². The van der Waals surface area contributed by atoms with Crippen molar-refractivity contribution >= 4 is 6.21 Å². The van der Waals surface area contributed by atoms with E-state index in [0.29, 0.717) is 6.61 Å². The largest absolute Gasteiger partial charge is 0.491 e. The molecule has 2 N–H and O–H groups in total. The van der Waals surface area contributed by atoms with Crippen LogP contribution < -0.4 is 5.32 Å². The Kier molecular flexibility index (Phi) is 4.62. The summed E-state index contributed by atoms with van der Waals surface area (Å²) < 4.78 is 5.31. The normalized spacial score (nSPS) is 20.1. The molecule has 14 heavy (non-hydrogen) atoms. The number of rotatable bonds is 5. The summed E-state index contributed by atoms with van der Waals surface area (Å²) in [5.74, 6) is 0.760. The summed E-state index contributed by atoms with van der Waals surface area (Å²) in [5, 5.41) is 10.2. The Morgan fingerprint density at radius 3 is 2.86 bits per heavy atom. The molecular weight excluding hydrogens is 178 g/mol. The predicted octanol–water partition coefficient (Wildman–Crippen LogP) is 0.460. The molecule has 1 heterocycles. The molecule has 1 rings (SSSR count). The highest BCUT2D eigenvalue weighted by Gasteiger charge is 2.19. The van der Waals surface area contributed by atoms with Crippen molar-refractivity contribution in [3.8, 4) is 0 Å². The summed E-state index contributed by atoms with van der Waals surface area (Å²) in [6.07, 6.45) is 1.25. The van der Waals surface area contributed by atoms with Crippen molar-refractivity contribution < 1.29 is 4.74 Å². The second-order valence-corrected chi connectivity index (χ2v) is 3.44. The molecule has 1 aliphatic rings. The minimum absolute atomic E-state index is 0.247. The zero-order valence-electron chi connectivity index (χ0n) is 8.75.